The second kappa shape index (κ2) is 8.43. The molecule has 0 unspecified atom stereocenters. The number of fused-ring (bicyclic) bond motifs is 5. The molecule has 184 valence electrons. The molecule has 3 N–H and O–H groups in total. The van der Waals surface area contributed by atoms with Gasteiger partial charge in [0.05, 0.1) is 23.7 Å². The molecule has 5 aliphatic rings. The Morgan fingerprint density at radius 3 is 2.71 bits per heavy atom. The lowest BCUT2D eigenvalue weighted by molar-refractivity contribution is -0.281. The van der Waals surface area contributed by atoms with E-state index in [1.807, 2.05) is 12.3 Å². The van der Waals surface area contributed by atoms with Crippen molar-refractivity contribution in [1.82, 2.24) is 9.88 Å². The van der Waals surface area contributed by atoms with Crippen molar-refractivity contribution < 1.29 is 19.4 Å². The Kier molecular flexibility index (Phi) is 5.63. The van der Waals surface area contributed by atoms with Crippen molar-refractivity contribution in [3.05, 3.63) is 22.7 Å². The summed E-state index contributed by atoms with van der Waals surface area (Å²) in [6.07, 6.45) is 8.38. The van der Waals surface area contributed by atoms with E-state index in [9.17, 15) is 9.90 Å². The van der Waals surface area contributed by atoms with Gasteiger partial charge in [-0.15, -0.1) is 11.3 Å². The van der Waals surface area contributed by atoms with E-state index in [2.05, 4.69) is 23.7 Å². The fourth-order valence-corrected chi connectivity index (χ4v) is 7.85. The van der Waals surface area contributed by atoms with Gasteiger partial charge in [-0.25, -0.2) is 4.98 Å². The van der Waals surface area contributed by atoms with Crippen LogP contribution in [0.2, 0.25) is 0 Å². The number of amides is 1. The number of aliphatic hydroxyl groups is 1. The van der Waals surface area contributed by atoms with E-state index in [1.54, 1.807) is 11.3 Å². The van der Waals surface area contributed by atoms with Gasteiger partial charge in [-0.1, -0.05) is 13.8 Å². The van der Waals surface area contributed by atoms with Crippen molar-refractivity contribution in [3.63, 3.8) is 0 Å². The van der Waals surface area contributed by atoms with E-state index in [0.29, 0.717) is 30.1 Å². The van der Waals surface area contributed by atoms with Crippen LogP contribution < -0.4 is 10.5 Å². The zero-order valence-corrected chi connectivity index (χ0v) is 20.9. The van der Waals surface area contributed by atoms with Crippen LogP contribution in [0.5, 0.6) is 5.75 Å². The molecule has 3 saturated heterocycles. The largest absolute Gasteiger partial charge is 0.490 e. The van der Waals surface area contributed by atoms with Gasteiger partial charge in [-0.05, 0) is 62.5 Å². The van der Waals surface area contributed by atoms with Crippen molar-refractivity contribution >= 4 is 27.5 Å². The van der Waals surface area contributed by atoms with Gasteiger partial charge in [0.25, 0.3) is 0 Å². The molecule has 4 fully saturated rings. The normalized spacial score (nSPS) is 33.3. The summed E-state index contributed by atoms with van der Waals surface area (Å²) < 4.78 is 12.6. The Morgan fingerprint density at radius 2 is 2.03 bits per heavy atom. The predicted molar refractivity (Wildman–Crippen MR) is 131 cm³/mol. The second-order valence-electron chi connectivity index (χ2n) is 11.3. The van der Waals surface area contributed by atoms with Gasteiger partial charge in [-0.3, -0.25) is 9.69 Å². The highest BCUT2D eigenvalue weighted by Crippen LogP contribution is 2.49. The molecular weight excluding hydrogens is 450 g/mol. The van der Waals surface area contributed by atoms with Gasteiger partial charge in [0.15, 0.2) is 0 Å². The number of pyridine rings is 1. The molecule has 8 heteroatoms. The van der Waals surface area contributed by atoms with Gasteiger partial charge in [0.2, 0.25) is 5.91 Å². The van der Waals surface area contributed by atoms with E-state index in [0.717, 1.165) is 67.6 Å². The van der Waals surface area contributed by atoms with Crippen molar-refractivity contribution in [3.8, 4) is 5.75 Å². The van der Waals surface area contributed by atoms with Gasteiger partial charge in [0.1, 0.15) is 16.7 Å². The fourth-order valence-electron chi connectivity index (χ4n) is 6.60. The van der Waals surface area contributed by atoms with E-state index in [4.69, 9.17) is 15.2 Å². The number of hydrogen-bond donors (Lipinski definition) is 2. The molecule has 3 aliphatic heterocycles. The standard InChI is InChI=1S/C26H35N3O4S/c1-26(2)20-12-29(13-21(26)33-20)15-4-6-16(7-5-15)32-18-9-10-28-25-23(18)22-14(3-8-19(22)34-25)11-17(30)24(27)31/h9-10,14-17,20-21,30H,3-8,11-13H2,1-2H3,(H2,27,31)/t14-,15?,16?,17+,20-,21+/m1/s1. The van der Waals surface area contributed by atoms with Gasteiger partial charge >= 0.3 is 0 Å². The number of nitrogens with two attached hydrogens (primary N) is 1. The first-order chi connectivity index (χ1) is 16.3. The number of aromatic nitrogens is 1. The van der Waals surface area contributed by atoms with Gasteiger partial charge < -0.3 is 20.3 Å². The molecule has 5 heterocycles. The molecule has 0 spiro atoms. The Balaban J connectivity index is 1.14. The summed E-state index contributed by atoms with van der Waals surface area (Å²) in [6, 6.07) is 2.62. The molecular formula is C26H35N3O4S. The summed E-state index contributed by atoms with van der Waals surface area (Å²) in [5.74, 6) is 0.367. The number of carbonyl (C=O) groups excluding carboxylic acids is 1. The number of nitrogens with zero attached hydrogens (tertiary/aromatic N) is 2. The highest BCUT2D eigenvalue weighted by Gasteiger charge is 2.55. The minimum atomic E-state index is -1.11. The molecule has 4 atom stereocenters. The lowest BCUT2D eigenvalue weighted by atomic mass is 9.71. The third-order valence-corrected chi connectivity index (χ3v) is 10.0. The van der Waals surface area contributed by atoms with Crippen LogP contribution in [0, 0.1) is 5.41 Å². The molecule has 1 amide bonds. The first-order valence-corrected chi connectivity index (χ1v) is 13.6. The maximum absolute atomic E-state index is 11.5. The Labute approximate surface area is 204 Å². The minimum Gasteiger partial charge on any atom is -0.490 e. The molecule has 0 aromatic carbocycles. The topological polar surface area (TPSA) is 97.9 Å². The zero-order valence-electron chi connectivity index (χ0n) is 20.0. The maximum atomic E-state index is 11.5. The first-order valence-electron chi connectivity index (χ1n) is 12.7. The van der Waals surface area contributed by atoms with Crippen LogP contribution in [0.25, 0.3) is 10.2 Å². The van der Waals surface area contributed by atoms with Crippen LogP contribution in [0.3, 0.4) is 0 Å². The van der Waals surface area contributed by atoms with Crippen molar-refractivity contribution in [1.29, 1.82) is 0 Å². The van der Waals surface area contributed by atoms with Crippen LogP contribution in [-0.4, -0.2) is 64.4 Å². The Morgan fingerprint density at radius 1 is 1.29 bits per heavy atom. The number of thiophene rings is 1. The summed E-state index contributed by atoms with van der Waals surface area (Å²) >= 11 is 1.72. The van der Waals surface area contributed by atoms with Crippen molar-refractivity contribution in [2.24, 2.45) is 11.1 Å². The lowest BCUT2D eigenvalue weighted by Gasteiger charge is -2.60. The number of piperidine rings is 1. The number of carbonyl (C=O) groups is 1. The number of hydrogen-bond acceptors (Lipinski definition) is 7. The Hall–Kier alpha value is -1.74. The smallest absolute Gasteiger partial charge is 0.246 e. The quantitative estimate of drug-likeness (QED) is 0.651. The lowest BCUT2D eigenvalue weighted by Crippen LogP contribution is -2.70. The number of aliphatic hydroxyl groups excluding tert-OH is 1. The molecule has 34 heavy (non-hydrogen) atoms. The van der Waals surface area contributed by atoms with Crippen LogP contribution in [-0.2, 0) is 16.0 Å². The molecule has 7 rings (SSSR count). The number of aryl methyl sites for hydroxylation is 1. The van der Waals surface area contributed by atoms with Crippen LogP contribution in [0.15, 0.2) is 12.3 Å². The fraction of sp³-hybridized carbons (Fsp3) is 0.692. The van der Waals surface area contributed by atoms with Crippen LogP contribution in [0.1, 0.15) is 68.7 Å². The van der Waals surface area contributed by atoms with Crippen molar-refractivity contribution in [2.45, 2.75) is 95.2 Å². The molecule has 2 bridgehead atoms. The molecule has 7 nitrogen and oxygen atoms in total. The molecule has 2 aromatic rings. The third kappa shape index (κ3) is 3.74. The van der Waals surface area contributed by atoms with Crippen LogP contribution >= 0.6 is 11.3 Å². The van der Waals surface area contributed by atoms with E-state index >= 15 is 0 Å². The SMILES string of the molecule is CC1(C)[C@@H]2CN(C3CCC(Oc4ccnc5sc6c(c45)[C@@H](C[C@H](O)C(N)=O)CC6)CC3)C[C@H]1O2. The summed E-state index contributed by atoms with van der Waals surface area (Å²) in [4.78, 5) is 21.0. The van der Waals surface area contributed by atoms with E-state index in [-0.39, 0.29) is 12.0 Å². The predicted octanol–water partition coefficient (Wildman–Crippen LogP) is 3.36. The summed E-state index contributed by atoms with van der Waals surface area (Å²) in [6.45, 7) is 6.79. The first kappa shape index (κ1) is 22.7. The van der Waals surface area contributed by atoms with E-state index < -0.39 is 12.0 Å². The number of primary amides is 1. The summed E-state index contributed by atoms with van der Waals surface area (Å²) in [5, 5.41) is 11.2. The average Bonchev–Trinajstić information content (AvgIpc) is 3.39. The van der Waals surface area contributed by atoms with Crippen LogP contribution in [0.4, 0.5) is 0 Å². The monoisotopic (exact) mass is 485 g/mol. The van der Waals surface area contributed by atoms with Gasteiger partial charge in [-0.2, -0.15) is 0 Å². The molecule has 1 saturated carbocycles. The third-order valence-electron chi connectivity index (χ3n) is 8.87. The molecule has 0 radical (unpaired) electrons. The molecule has 2 aromatic heterocycles. The highest BCUT2D eigenvalue weighted by atomic mass is 32.1. The highest BCUT2D eigenvalue weighted by molar-refractivity contribution is 7.19. The summed E-state index contributed by atoms with van der Waals surface area (Å²) in [7, 11) is 0. The minimum absolute atomic E-state index is 0.116. The van der Waals surface area contributed by atoms with Gasteiger partial charge in [0, 0.05) is 35.6 Å². The number of ether oxygens (including phenoxy) is 2. The summed E-state index contributed by atoms with van der Waals surface area (Å²) in [5.41, 5.74) is 6.87. The molecule has 2 aliphatic carbocycles. The maximum Gasteiger partial charge on any atom is 0.246 e. The zero-order chi connectivity index (χ0) is 23.6. The number of morpholine rings is 1. The second-order valence-corrected chi connectivity index (χ2v) is 12.3. The Bertz CT molecular complexity index is 1080. The van der Waals surface area contributed by atoms with Crippen molar-refractivity contribution in [2.75, 3.05) is 13.1 Å². The average molecular weight is 486 g/mol. The number of rotatable bonds is 6. The van der Waals surface area contributed by atoms with E-state index in [1.165, 1.54) is 10.4 Å².